The van der Waals surface area contributed by atoms with E-state index in [2.05, 4.69) is 15.4 Å². The van der Waals surface area contributed by atoms with E-state index >= 15 is 0 Å². The second-order valence-corrected chi connectivity index (χ2v) is 4.52. The van der Waals surface area contributed by atoms with Crippen molar-refractivity contribution in [2.45, 2.75) is 26.3 Å². The van der Waals surface area contributed by atoms with E-state index in [9.17, 15) is 19.3 Å². The minimum Gasteiger partial charge on any atom is -0.466 e. The van der Waals surface area contributed by atoms with Crippen LogP contribution in [0.15, 0.2) is 15.4 Å². The summed E-state index contributed by atoms with van der Waals surface area (Å²) in [7, 11) is 2.59. The van der Waals surface area contributed by atoms with E-state index in [1.807, 2.05) is 0 Å². The minimum atomic E-state index is -1.45. The van der Waals surface area contributed by atoms with Crippen LogP contribution >= 0.6 is 0 Å². The predicted octanol–water partition coefficient (Wildman–Crippen LogP) is 0.373. The van der Waals surface area contributed by atoms with E-state index in [4.69, 9.17) is 4.74 Å². The molecular weight excluding hydrogens is 294 g/mol. The summed E-state index contributed by atoms with van der Waals surface area (Å²) in [6.07, 6.45) is -0.0880. The fourth-order valence-corrected chi connectivity index (χ4v) is 1.70. The summed E-state index contributed by atoms with van der Waals surface area (Å²) in [5.74, 6) is -1.45. The largest absolute Gasteiger partial charge is 0.466 e. The molecule has 0 aromatic heterocycles. The number of carbonyl (C=O) groups is 3. The van der Waals surface area contributed by atoms with Gasteiger partial charge in [-0.3, -0.25) is 19.4 Å². The molecule has 1 atom stereocenters. The van der Waals surface area contributed by atoms with E-state index in [1.165, 1.54) is 21.0 Å². The molecule has 1 aliphatic rings. The molecule has 1 unspecified atom stereocenters. The second kappa shape index (κ2) is 7.38. The average Bonchev–Trinajstić information content (AvgIpc) is 2.47. The van der Waals surface area contributed by atoms with Gasteiger partial charge in [-0.15, -0.1) is 10.0 Å². The van der Waals surface area contributed by atoms with Crippen molar-refractivity contribution in [1.29, 1.82) is 0 Å². The van der Waals surface area contributed by atoms with Crippen molar-refractivity contribution < 1.29 is 19.1 Å². The quantitative estimate of drug-likeness (QED) is 0.314. The van der Waals surface area contributed by atoms with Crippen molar-refractivity contribution in [2.75, 3.05) is 20.7 Å². The summed E-state index contributed by atoms with van der Waals surface area (Å²) in [5, 5.41) is 10.2. The Balaban J connectivity index is 3.00. The first-order chi connectivity index (χ1) is 10.3. The van der Waals surface area contributed by atoms with Gasteiger partial charge in [0.25, 0.3) is 5.91 Å². The van der Waals surface area contributed by atoms with Gasteiger partial charge in [0.05, 0.1) is 13.0 Å². The Morgan fingerprint density at radius 2 is 1.91 bits per heavy atom. The van der Waals surface area contributed by atoms with Crippen molar-refractivity contribution in [3.8, 4) is 0 Å². The summed E-state index contributed by atoms with van der Waals surface area (Å²) in [6.45, 7) is 3.45. The molecule has 1 saturated heterocycles. The maximum atomic E-state index is 11.8. The molecule has 0 spiro atoms. The van der Waals surface area contributed by atoms with Gasteiger partial charge in [-0.2, -0.15) is 5.10 Å². The number of ether oxygens (including phenoxy) is 1. The second-order valence-electron chi connectivity index (χ2n) is 4.52. The first-order valence-corrected chi connectivity index (χ1v) is 6.47. The summed E-state index contributed by atoms with van der Waals surface area (Å²) < 4.78 is 4.75. The molecular formula is C12H17N5O5. The molecule has 1 fully saturated rings. The number of nitrogens with zero attached hydrogens (tertiary/aromatic N) is 5. The van der Waals surface area contributed by atoms with Crippen LogP contribution in [-0.2, 0) is 14.3 Å². The fraction of sp³-hybridized carbons (Fsp3) is 0.583. The molecule has 1 aliphatic heterocycles. The highest BCUT2D eigenvalue weighted by Gasteiger charge is 2.42. The number of rotatable bonds is 5. The van der Waals surface area contributed by atoms with Gasteiger partial charge in [0.1, 0.15) is 0 Å². The van der Waals surface area contributed by atoms with Crippen LogP contribution in [0, 0.1) is 4.91 Å². The smallest absolute Gasteiger partial charge is 0.331 e. The molecule has 0 N–H and O–H groups in total. The Labute approximate surface area is 126 Å². The lowest BCUT2D eigenvalue weighted by atomic mass is 10.2. The molecule has 10 nitrogen and oxygen atoms in total. The van der Waals surface area contributed by atoms with Crippen LogP contribution in [0.4, 0.5) is 4.79 Å². The summed E-state index contributed by atoms with van der Waals surface area (Å²) in [6, 6.07) is -2.10. The lowest BCUT2D eigenvalue weighted by Crippen LogP contribution is -2.58. The van der Waals surface area contributed by atoms with Crippen LogP contribution in [0.25, 0.3) is 0 Å². The molecule has 120 valence electrons. The number of carbonyl (C=O) groups excluding carboxylic acids is 3. The lowest BCUT2D eigenvalue weighted by Gasteiger charge is -2.31. The van der Waals surface area contributed by atoms with Crippen LogP contribution in [0.2, 0.25) is 0 Å². The maximum Gasteiger partial charge on any atom is 0.331 e. The molecule has 0 aromatic carbocycles. The maximum absolute atomic E-state index is 11.8. The van der Waals surface area contributed by atoms with Crippen LogP contribution in [0.1, 0.15) is 20.3 Å². The van der Waals surface area contributed by atoms with Crippen LogP contribution in [0.3, 0.4) is 0 Å². The Morgan fingerprint density at radius 3 is 2.45 bits per heavy atom. The molecule has 10 heteroatoms. The fourth-order valence-electron chi connectivity index (χ4n) is 1.70. The van der Waals surface area contributed by atoms with Gasteiger partial charge in [-0.1, -0.05) is 0 Å². The summed E-state index contributed by atoms with van der Waals surface area (Å²) >= 11 is 0. The van der Waals surface area contributed by atoms with E-state index in [1.54, 1.807) is 6.92 Å². The molecule has 0 aromatic rings. The van der Waals surface area contributed by atoms with E-state index in [0.29, 0.717) is 5.71 Å². The Bertz CT molecular complexity index is 556. The highest BCUT2D eigenvalue weighted by molar-refractivity contribution is 6.20. The molecule has 1 heterocycles. The molecule has 1 rings (SSSR count). The summed E-state index contributed by atoms with van der Waals surface area (Å²) in [4.78, 5) is 47.5. The van der Waals surface area contributed by atoms with E-state index in [-0.39, 0.29) is 18.9 Å². The highest BCUT2D eigenvalue weighted by atomic mass is 16.5. The zero-order valence-corrected chi connectivity index (χ0v) is 12.8. The molecule has 0 radical (unpaired) electrons. The van der Waals surface area contributed by atoms with Crippen molar-refractivity contribution in [3.63, 3.8) is 0 Å². The zero-order valence-electron chi connectivity index (χ0n) is 12.8. The zero-order chi connectivity index (χ0) is 16.9. The van der Waals surface area contributed by atoms with Crippen LogP contribution in [0.5, 0.6) is 0 Å². The SMILES string of the molecule is CCOC(=O)C/C(C)=N/N=C1\C(N=O)C(=O)N(C)C(=O)N1C. The van der Waals surface area contributed by atoms with Gasteiger partial charge in [0.15, 0.2) is 5.84 Å². The predicted molar refractivity (Wildman–Crippen MR) is 77.3 cm³/mol. The van der Waals surface area contributed by atoms with E-state index < -0.39 is 23.9 Å². The third-order valence-electron chi connectivity index (χ3n) is 2.86. The topological polar surface area (TPSA) is 121 Å². The third kappa shape index (κ3) is 3.71. The number of imide groups is 1. The number of esters is 1. The molecule has 0 bridgehead atoms. The normalized spacial score (nSPS) is 21.4. The standard InChI is InChI=1S/C12H17N5O5/c1-5-22-8(18)6-7(2)13-14-10-9(15-21)11(19)17(4)12(20)16(10)3/h9H,5-6H2,1-4H3/b13-7+,14-10+. The molecule has 22 heavy (non-hydrogen) atoms. The Kier molecular flexibility index (Phi) is 5.84. The molecule has 0 saturated carbocycles. The first-order valence-electron chi connectivity index (χ1n) is 6.47. The lowest BCUT2D eigenvalue weighted by molar-refractivity contribution is -0.141. The van der Waals surface area contributed by atoms with Gasteiger partial charge in [-0.05, 0) is 19.0 Å². The van der Waals surface area contributed by atoms with Crippen LogP contribution < -0.4 is 0 Å². The summed E-state index contributed by atoms with van der Waals surface area (Å²) in [5.41, 5.74) is 0.308. The van der Waals surface area contributed by atoms with Gasteiger partial charge in [0.2, 0.25) is 6.04 Å². The number of hydrogen-bond acceptors (Lipinski definition) is 8. The number of amidine groups is 1. The first kappa shape index (κ1) is 17.4. The highest BCUT2D eigenvalue weighted by Crippen LogP contribution is 2.13. The van der Waals surface area contributed by atoms with Gasteiger partial charge in [-0.25, -0.2) is 4.79 Å². The third-order valence-corrected chi connectivity index (χ3v) is 2.86. The average molecular weight is 311 g/mol. The van der Waals surface area contributed by atoms with Crippen LogP contribution in [-0.4, -0.2) is 66.0 Å². The number of hydrogen-bond donors (Lipinski definition) is 0. The van der Waals surface area contributed by atoms with Crippen molar-refractivity contribution in [1.82, 2.24) is 9.80 Å². The minimum absolute atomic E-state index is 0.0880. The number of urea groups is 1. The van der Waals surface area contributed by atoms with Crippen molar-refractivity contribution >= 4 is 29.5 Å². The molecule has 0 aliphatic carbocycles. The Morgan fingerprint density at radius 1 is 1.27 bits per heavy atom. The van der Waals surface area contributed by atoms with E-state index in [0.717, 1.165) is 9.80 Å². The number of amides is 3. The van der Waals surface area contributed by atoms with Crippen molar-refractivity contribution in [2.24, 2.45) is 15.4 Å². The Hall–Kier alpha value is -2.65. The van der Waals surface area contributed by atoms with Gasteiger partial charge >= 0.3 is 12.0 Å². The monoisotopic (exact) mass is 311 g/mol. The van der Waals surface area contributed by atoms with Gasteiger partial charge < -0.3 is 4.74 Å². The molecule has 3 amide bonds. The van der Waals surface area contributed by atoms with Crippen molar-refractivity contribution in [3.05, 3.63) is 4.91 Å². The number of nitroso groups, excluding NO2 is 1. The van der Waals surface area contributed by atoms with Gasteiger partial charge in [0, 0.05) is 19.8 Å². The number of likely N-dealkylation sites (N-methyl/N-ethyl adjacent to an activating group) is 2.